The quantitative estimate of drug-likeness (QED) is 0.680. The first-order chi connectivity index (χ1) is 9.13. The Morgan fingerprint density at radius 3 is 2.47 bits per heavy atom. The predicted molar refractivity (Wildman–Crippen MR) is 68.9 cm³/mol. The molecule has 8 heteroatoms. The number of morpholine rings is 1. The lowest BCUT2D eigenvalue weighted by atomic mass is 10.3. The first-order valence-corrected chi connectivity index (χ1v) is 6.66. The molecule has 1 heterocycles. The van der Waals surface area contributed by atoms with Crippen LogP contribution in [0.15, 0.2) is 0 Å². The van der Waals surface area contributed by atoms with E-state index in [0.29, 0.717) is 26.3 Å². The number of alkyl halides is 1. The third kappa shape index (κ3) is 6.40. The normalized spacial score (nSPS) is 14.9. The molecule has 0 unspecified atom stereocenters. The van der Waals surface area contributed by atoms with Crippen LogP contribution in [0.25, 0.3) is 0 Å². The van der Waals surface area contributed by atoms with Gasteiger partial charge in [0, 0.05) is 38.4 Å². The lowest BCUT2D eigenvalue weighted by molar-refractivity contribution is -0.135. The summed E-state index contributed by atoms with van der Waals surface area (Å²) in [6.45, 7) is 2.45. The minimum Gasteiger partial charge on any atom is -0.378 e. The number of rotatable bonds is 5. The largest absolute Gasteiger partial charge is 0.378 e. The molecule has 0 aromatic rings. The van der Waals surface area contributed by atoms with Gasteiger partial charge in [-0.25, -0.2) is 4.79 Å². The lowest BCUT2D eigenvalue weighted by Crippen LogP contribution is -2.44. The lowest BCUT2D eigenvalue weighted by Gasteiger charge is -2.26. The number of ether oxygens (including phenoxy) is 1. The summed E-state index contributed by atoms with van der Waals surface area (Å²) >= 11 is 5.36. The van der Waals surface area contributed by atoms with E-state index in [-0.39, 0.29) is 31.2 Å². The average Bonchev–Trinajstić information content (AvgIpc) is 2.39. The molecule has 0 radical (unpaired) electrons. The van der Waals surface area contributed by atoms with Crippen molar-refractivity contribution in [2.75, 3.05) is 38.7 Å². The molecule has 0 saturated carbocycles. The van der Waals surface area contributed by atoms with Gasteiger partial charge < -0.3 is 15.0 Å². The Balaban J connectivity index is 2.13. The first kappa shape index (κ1) is 15.7. The number of halogens is 1. The monoisotopic (exact) mass is 291 g/mol. The second-order valence-corrected chi connectivity index (χ2v) is 4.36. The van der Waals surface area contributed by atoms with Gasteiger partial charge in [0.15, 0.2) is 0 Å². The Morgan fingerprint density at radius 1 is 1.16 bits per heavy atom. The van der Waals surface area contributed by atoms with Gasteiger partial charge in [0.05, 0.1) is 13.2 Å². The van der Waals surface area contributed by atoms with Crippen molar-refractivity contribution in [1.82, 2.24) is 15.5 Å². The topological polar surface area (TPSA) is 87.7 Å². The number of nitrogens with one attached hydrogen (secondary N) is 2. The van der Waals surface area contributed by atoms with Gasteiger partial charge in [-0.2, -0.15) is 0 Å². The van der Waals surface area contributed by atoms with Crippen molar-refractivity contribution >= 4 is 29.4 Å². The van der Waals surface area contributed by atoms with Gasteiger partial charge in [-0.1, -0.05) is 0 Å². The molecule has 0 aromatic carbocycles. The van der Waals surface area contributed by atoms with Crippen LogP contribution in [0.1, 0.15) is 12.8 Å². The summed E-state index contributed by atoms with van der Waals surface area (Å²) in [4.78, 5) is 35.7. The number of nitrogens with zero attached hydrogens (tertiary/aromatic N) is 1. The molecule has 1 saturated heterocycles. The van der Waals surface area contributed by atoms with Crippen LogP contribution in [0.3, 0.4) is 0 Å². The van der Waals surface area contributed by atoms with Gasteiger partial charge >= 0.3 is 6.03 Å². The zero-order chi connectivity index (χ0) is 14.1. The number of amides is 4. The van der Waals surface area contributed by atoms with Crippen molar-refractivity contribution in [3.8, 4) is 0 Å². The fraction of sp³-hybridized carbons (Fsp3) is 0.727. The summed E-state index contributed by atoms with van der Waals surface area (Å²) in [5, 5.41) is 4.57. The molecule has 0 atom stereocenters. The Morgan fingerprint density at radius 2 is 1.84 bits per heavy atom. The molecule has 0 bridgehead atoms. The van der Waals surface area contributed by atoms with Gasteiger partial charge in [-0.3, -0.25) is 14.9 Å². The van der Waals surface area contributed by atoms with E-state index in [0.717, 1.165) is 0 Å². The fourth-order valence-electron chi connectivity index (χ4n) is 1.57. The van der Waals surface area contributed by atoms with Crippen LogP contribution in [0.2, 0.25) is 0 Å². The minimum absolute atomic E-state index is 0.0318. The standard InChI is InChI=1S/C11H18ClN3O4/c12-3-1-9(16)14-11(18)13-4-2-10(17)15-5-7-19-8-6-15/h1-8H2,(H2,13,14,16,18). The van der Waals surface area contributed by atoms with Crippen LogP contribution in [0.4, 0.5) is 4.79 Å². The summed E-state index contributed by atoms with van der Waals surface area (Å²) in [6, 6.07) is -0.607. The van der Waals surface area contributed by atoms with Crippen LogP contribution in [-0.4, -0.2) is 61.5 Å². The first-order valence-electron chi connectivity index (χ1n) is 6.12. The Bertz CT molecular complexity index is 332. The van der Waals surface area contributed by atoms with E-state index in [2.05, 4.69) is 10.6 Å². The van der Waals surface area contributed by atoms with Gasteiger partial charge in [-0.15, -0.1) is 11.6 Å². The van der Waals surface area contributed by atoms with E-state index >= 15 is 0 Å². The molecule has 0 aromatic heterocycles. The minimum atomic E-state index is -0.607. The molecule has 1 rings (SSSR count). The second kappa shape index (κ2) is 8.71. The zero-order valence-corrected chi connectivity index (χ0v) is 11.4. The third-order valence-corrected chi connectivity index (χ3v) is 2.75. The maximum Gasteiger partial charge on any atom is 0.321 e. The van der Waals surface area contributed by atoms with E-state index < -0.39 is 11.9 Å². The van der Waals surface area contributed by atoms with Crippen molar-refractivity contribution in [3.63, 3.8) is 0 Å². The molecule has 1 aliphatic heterocycles. The Kier molecular flexibility index (Phi) is 7.20. The van der Waals surface area contributed by atoms with E-state index in [9.17, 15) is 14.4 Å². The second-order valence-electron chi connectivity index (χ2n) is 3.99. The van der Waals surface area contributed by atoms with Crippen LogP contribution < -0.4 is 10.6 Å². The van der Waals surface area contributed by atoms with Crippen molar-refractivity contribution in [3.05, 3.63) is 0 Å². The summed E-state index contributed by atoms with van der Waals surface area (Å²) in [5.41, 5.74) is 0. The molecule has 0 aliphatic carbocycles. The number of imide groups is 1. The fourth-order valence-corrected chi connectivity index (χ4v) is 1.74. The van der Waals surface area contributed by atoms with E-state index in [1.54, 1.807) is 4.90 Å². The molecule has 2 N–H and O–H groups in total. The van der Waals surface area contributed by atoms with Gasteiger partial charge in [0.25, 0.3) is 0 Å². The molecule has 0 spiro atoms. The molecule has 7 nitrogen and oxygen atoms in total. The molecular formula is C11H18ClN3O4. The number of hydrogen-bond donors (Lipinski definition) is 2. The smallest absolute Gasteiger partial charge is 0.321 e. The molecule has 1 fully saturated rings. The Hall–Kier alpha value is -1.34. The van der Waals surface area contributed by atoms with Crippen molar-refractivity contribution in [2.24, 2.45) is 0 Å². The van der Waals surface area contributed by atoms with E-state index in [1.807, 2.05) is 0 Å². The van der Waals surface area contributed by atoms with Gasteiger partial charge in [0.2, 0.25) is 11.8 Å². The molecule has 4 amide bonds. The maximum absolute atomic E-state index is 11.7. The van der Waals surface area contributed by atoms with Crippen LogP contribution in [0, 0.1) is 0 Å². The van der Waals surface area contributed by atoms with Gasteiger partial charge in [-0.05, 0) is 0 Å². The number of carbonyl (C=O) groups is 3. The van der Waals surface area contributed by atoms with Crippen molar-refractivity contribution in [2.45, 2.75) is 12.8 Å². The molecule has 19 heavy (non-hydrogen) atoms. The summed E-state index contributed by atoms with van der Waals surface area (Å²) in [5.74, 6) is -0.308. The highest BCUT2D eigenvalue weighted by molar-refractivity contribution is 6.19. The molecule has 108 valence electrons. The van der Waals surface area contributed by atoms with E-state index in [1.165, 1.54) is 0 Å². The molecule has 1 aliphatic rings. The van der Waals surface area contributed by atoms with Crippen molar-refractivity contribution < 1.29 is 19.1 Å². The molecular weight excluding hydrogens is 274 g/mol. The highest BCUT2D eigenvalue weighted by Gasteiger charge is 2.16. The van der Waals surface area contributed by atoms with Crippen molar-refractivity contribution in [1.29, 1.82) is 0 Å². The Labute approximate surface area is 116 Å². The third-order valence-electron chi connectivity index (χ3n) is 2.56. The highest BCUT2D eigenvalue weighted by atomic mass is 35.5. The number of carbonyl (C=O) groups excluding carboxylic acids is 3. The number of urea groups is 1. The van der Waals surface area contributed by atoms with Crippen LogP contribution in [0.5, 0.6) is 0 Å². The van der Waals surface area contributed by atoms with E-state index in [4.69, 9.17) is 16.3 Å². The highest BCUT2D eigenvalue weighted by Crippen LogP contribution is 1.99. The summed E-state index contributed by atoms with van der Waals surface area (Å²) < 4.78 is 5.14. The van der Waals surface area contributed by atoms with Gasteiger partial charge in [0.1, 0.15) is 0 Å². The predicted octanol–water partition coefficient (Wildman–Crippen LogP) is -0.310. The SMILES string of the molecule is O=C(CCCl)NC(=O)NCCC(=O)N1CCOCC1. The number of hydrogen-bond acceptors (Lipinski definition) is 4. The maximum atomic E-state index is 11.7. The summed E-state index contributed by atoms with van der Waals surface area (Å²) in [6.07, 6.45) is 0.290. The average molecular weight is 292 g/mol. The zero-order valence-electron chi connectivity index (χ0n) is 10.6. The summed E-state index contributed by atoms with van der Waals surface area (Å²) in [7, 11) is 0. The van der Waals surface area contributed by atoms with Crippen LogP contribution in [-0.2, 0) is 14.3 Å². The van der Waals surface area contributed by atoms with Crippen LogP contribution >= 0.6 is 11.6 Å².